The van der Waals surface area contributed by atoms with E-state index in [-0.39, 0.29) is 0 Å². The van der Waals surface area contributed by atoms with E-state index in [4.69, 9.17) is 0 Å². The quantitative estimate of drug-likeness (QED) is 0.231. The lowest BCUT2D eigenvalue weighted by Crippen LogP contribution is -1.91. The predicted octanol–water partition coefficient (Wildman–Crippen LogP) is 10.2. The third kappa shape index (κ3) is 3.16. The zero-order valence-electron chi connectivity index (χ0n) is 19.9. The number of benzene rings is 7. The van der Waals surface area contributed by atoms with Gasteiger partial charge in [0.2, 0.25) is 0 Å². The van der Waals surface area contributed by atoms with Crippen LogP contribution in [-0.2, 0) is 0 Å². The van der Waals surface area contributed by atoms with Gasteiger partial charge in [-0.1, -0.05) is 140 Å². The van der Waals surface area contributed by atoms with E-state index in [9.17, 15) is 0 Å². The van der Waals surface area contributed by atoms with Gasteiger partial charge in [-0.25, -0.2) is 0 Å². The molecular formula is C36H24. The first-order valence-corrected chi connectivity index (χ1v) is 12.4. The van der Waals surface area contributed by atoms with Crippen LogP contribution in [0, 0.1) is 0 Å². The first-order chi connectivity index (χ1) is 17.8. The molecule has 0 heteroatoms. The molecule has 0 aliphatic rings. The summed E-state index contributed by atoms with van der Waals surface area (Å²) in [5.74, 6) is 0. The average molecular weight is 457 g/mol. The second-order valence-corrected chi connectivity index (χ2v) is 9.39. The summed E-state index contributed by atoms with van der Waals surface area (Å²) in [6.07, 6.45) is 1.89. The lowest BCUT2D eigenvalue weighted by Gasteiger charge is -2.18. The molecule has 168 valence electrons. The van der Waals surface area contributed by atoms with E-state index < -0.39 is 0 Å². The third-order valence-corrected chi connectivity index (χ3v) is 7.42. The molecule has 0 amide bonds. The Morgan fingerprint density at radius 1 is 0.389 bits per heavy atom. The molecule has 0 aromatic heterocycles. The Morgan fingerprint density at radius 3 is 1.58 bits per heavy atom. The van der Waals surface area contributed by atoms with Crippen molar-refractivity contribution in [2.45, 2.75) is 0 Å². The Morgan fingerprint density at radius 2 is 0.917 bits per heavy atom. The highest BCUT2D eigenvalue weighted by molar-refractivity contribution is 6.27. The largest absolute Gasteiger partial charge is 0.0985 e. The van der Waals surface area contributed by atoms with Crippen LogP contribution in [0.5, 0.6) is 0 Å². The molecule has 7 rings (SSSR count). The summed E-state index contributed by atoms with van der Waals surface area (Å²) >= 11 is 0. The molecule has 0 bridgehead atoms. The second-order valence-electron chi connectivity index (χ2n) is 9.39. The molecule has 0 aliphatic heterocycles. The Bertz CT molecular complexity index is 1870. The minimum atomic E-state index is 1.14. The maximum absolute atomic E-state index is 3.90. The molecular weight excluding hydrogens is 432 g/mol. The minimum Gasteiger partial charge on any atom is -0.0985 e. The first-order valence-electron chi connectivity index (χ1n) is 12.4. The molecule has 0 unspecified atom stereocenters. The monoisotopic (exact) mass is 456 g/mol. The Balaban J connectivity index is 1.52. The van der Waals surface area contributed by atoms with Crippen molar-refractivity contribution in [2.75, 3.05) is 0 Å². The van der Waals surface area contributed by atoms with E-state index in [2.05, 4.69) is 134 Å². The van der Waals surface area contributed by atoms with E-state index in [1.54, 1.807) is 0 Å². The molecule has 0 spiro atoms. The zero-order valence-corrected chi connectivity index (χ0v) is 19.9. The van der Waals surface area contributed by atoms with Crippen molar-refractivity contribution < 1.29 is 0 Å². The maximum Gasteiger partial charge on any atom is -0.00203 e. The Labute approximate surface area is 211 Å². The van der Waals surface area contributed by atoms with E-state index in [0.29, 0.717) is 0 Å². The van der Waals surface area contributed by atoms with E-state index in [0.717, 1.165) is 5.56 Å². The van der Waals surface area contributed by atoms with Crippen LogP contribution in [-0.4, -0.2) is 0 Å². The molecule has 36 heavy (non-hydrogen) atoms. The highest BCUT2D eigenvalue weighted by Crippen LogP contribution is 2.43. The summed E-state index contributed by atoms with van der Waals surface area (Å²) in [6.45, 7) is 3.90. The van der Waals surface area contributed by atoms with Crippen LogP contribution in [0.4, 0.5) is 0 Å². The molecule has 7 aromatic carbocycles. The lowest BCUT2D eigenvalue weighted by molar-refractivity contribution is 1.60. The average Bonchev–Trinajstić information content (AvgIpc) is 2.96. The van der Waals surface area contributed by atoms with Gasteiger partial charge in [-0.3, -0.25) is 0 Å². The first kappa shape index (κ1) is 20.7. The topological polar surface area (TPSA) is 0 Å². The summed E-state index contributed by atoms with van der Waals surface area (Å²) in [5, 5.41) is 7.84. The van der Waals surface area contributed by atoms with Gasteiger partial charge in [0.1, 0.15) is 0 Å². The van der Waals surface area contributed by atoms with Gasteiger partial charge in [0.15, 0.2) is 0 Å². The van der Waals surface area contributed by atoms with Crippen LogP contribution in [0.15, 0.2) is 134 Å². The van der Waals surface area contributed by atoms with Crippen molar-refractivity contribution in [3.05, 3.63) is 140 Å². The van der Waals surface area contributed by atoms with Gasteiger partial charge < -0.3 is 0 Å². The highest BCUT2D eigenvalue weighted by Gasteiger charge is 2.16. The number of hydrogen-bond acceptors (Lipinski definition) is 0. The number of rotatable bonds is 4. The highest BCUT2D eigenvalue weighted by atomic mass is 14.2. The predicted molar refractivity (Wildman–Crippen MR) is 157 cm³/mol. The SMILES string of the molecule is C=Cc1ccc(-c2ccc3ccc4c(-c5ccccc5-c5ccccc5)ccc5ccc2c3c54)cc1. The van der Waals surface area contributed by atoms with Gasteiger partial charge >= 0.3 is 0 Å². The van der Waals surface area contributed by atoms with Crippen molar-refractivity contribution >= 4 is 38.4 Å². The molecule has 0 radical (unpaired) electrons. The van der Waals surface area contributed by atoms with E-state index in [1.165, 1.54) is 65.7 Å². The van der Waals surface area contributed by atoms with Crippen molar-refractivity contribution in [2.24, 2.45) is 0 Å². The van der Waals surface area contributed by atoms with Crippen LogP contribution >= 0.6 is 0 Å². The molecule has 0 heterocycles. The van der Waals surface area contributed by atoms with E-state index in [1.807, 2.05) is 6.08 Å². The van der Waals surface area contributed by atoms with Gasteiger partial charge in [-0.05, 0) is 71.3 Å². The molecule has 0 aliphatic carbocycles. The zero-order chi connectivity index (χ0) is 24.1. The van der Waals surface area contributed by atoms with Gasteiger partial charge in [0.05, 0.1) is 0 Å². The van der Waals surface area contributed by atoms with Crippen molar-refractivity contribution in [1.29, 1.82) is 0 Å². The Kier molecular flexibility index (Phi) is 4.72. The molecule has 0 N–H and O–H groups in total. The van der Waals surface area contributed by atoms with Crippen LogP contribution in [0.2, 0.25) is 0 Å². The second kappa shape index (κ2) is 8.22. The molecule has 0 nitrogen and oxygen atoms in total. The summed E-state index contributed by atoms with van der Waals surface area (Å²) in [7, 11) is 0. The maximum atomic E-state index is 3.90. The standard InChI is InChI=1S/C36H24/c1-2-24-12-14-26(15-13-24)30-20-16-27-19-23-34-32(21-17-28-18-22-33(30)35(27)36(28)34)31-11-7-6-10-29(31)25-8-4-3-5-9-25/h2-23H,1H2. The van der Waals surface area contributed by atoms with Gasteiger partial charge in [0, 0.05) is 0 Å². The van der Waals surface area contributed by atoms with Gasteiger partial charge in [0.25, 0.3) is 0 Å². The molecule has 7 aromatic rings. The fraction of sp³-hybridized carbons (Fsp3) is 0. The van der Waals surface area contributed by atoms with Crippen LogP contribution in [0.25, 0.3) is 71.8 Å². The van der Waals surface area contributed by atoms with E-state index >= 15 is 0 Å². The third-order valence-electron chi connectivity index (χ3n) is 7.42. The minimum absolute atomic E-state index is 1.14. The normalized spacial score (nSPS) is 11.4. The molecule has 0 saturated heterocycles. The van der Waals surface area contributed by atoms with Crippen LogP contribution in [0.3, 0.4) is 0 Å². The van der Waals surface area contributed by atoms with Crippen molar-refractivity contribution in [1.82, 2.24) is 0 Å². The van der Waals surface area contributed by atoms with Gasteiger partial charge in [-0.15, -0.1) is 0 Å². The fourth-order valence-corrected chi connectivity index (χ4v) is 5.67. The van der Waals surface area contributed by atoms with Crippen LogP contribution in [0.1, 0.15) is 5.56 Å². The molecule has 0 fully saturated rings. The summed E-state index contributed by atoms with van der Waals surface area (Å²) in [5.41, 5.74) is 8.67. The molecule has 0 saturated carbocycles. The summed E-state index contributed by atoms with van der Waals surface area (Å²) in [4.78, 5) is 0. The van der Waals surface area contributed by atoms with Crippen LogP contribution < -0.4 is 0 Å². The number of hydrogen-bond donors (Lipinski definition) is 0. The summed E-state index contributed by atoms with van der Waals surface area (Å²) < 4.78 is 0. The smallest absolute Gasteiger partial charge is 0.00203 e. The Hall–Kier alpha value is -4.68. The van der Waals surface area contributed by atoms with Crippen molar-refractivity contribution in [3.63, 3.8) is 0 Å². The fourth-order valence-electron chi connectivity index (χ4n) is 5.67. The van der Waals surface area contributed by atoms with Crippen molar-refractivity contribution in [3.8, 4) is 33.4 Å². The van der Waals surface area contributed by atoms with Gasteiger partial charge in [-0.2, -0.15) is 0 Å². The lowest BCUT2D eigenvalue weighted by atomic mass is 9.86. The summed E-state index contributed by atoms with van der Waals surface area (Å²) in [6, 6.07) is 46.4. The molecule has 0 atom stereocenters.